The zero-order valence-electron chi connectivity index (χ0n) is 17.8. The number of halogens is 1. The Bertz CT molecular complexity index is 999. The smallest absolute Gasteiger partial charge is 0.319 e. The summed E-state index contributed by atoms with van der Waals surface area (Å²) in [6.07, 6.45) is 0.831. The van der Waals surface area contributed by atoms with Crippen LogP contribution in [0.4, 0.5) is 10.5 Å². The second-order valence-electron chi connectivity index (χ2n) is 7.77. The number of sulfonamides is 1. The number of carbonyl (C=O) groups is 1. The van der Waals surface area contributed by atoms with E-state index in [-0.39, 0.29) is 23.6 Å². The highest BCUT2D eigenvalue weighted by molar-refractivity contribution is 7.89. The van der Waals surface area contributed by atoms with E-state index in [9.17, 15) is 18.3 Å². The number of aliphatic hydroxyl groups excluding tert-OH is 1. The lowest BCUT2D eigenvalue weighted by molar-refractivity contribution is -0.0871. The maximum absolute atomic E-state index is 12.7. The number of amides is 2. The van der Waals surface area contributed by atoms with E-state index >= 15 is 0 Å². The van der Waals surface area contributed by atoms with E-state index in [2.05, 4.69) is 15.4 Å². The first-order valence-electron chi connectivity index (χ1n) is 10.4. The molecule has 1 aliphatic heterocycles. The van der Waals surface area contributed by atoms with E-state index in [1.165, 1.54) is 0 Å². The lowest BCUT2D eigenvalue weighted by Crippen LogP contribution is -2.51. The minimum absolute atomic E-state index is 0.179. The third-order valence-corrected chi connectivity index (χ3v) is 7.05. The molecule has 0 aliphatic carbocycles. The molecule has 2 aromatic carbocycles. The largest absolute Gasteiger partial charge is 0.394 e. The maximum Gasteiger partial charge on any atom is 0.319 e. The number of aliphatic hydroxyl groups is 1. The summed E-state index contributed by atoms with van der Waals surface area (Å²) in [5.74, 6) is 0. The fraction of sp³-hybridized carbons (Fsp3) is 0.409. The van der Waals surface area contributed by atoms with Crippen LogP contribution in [0.2, 0.25) is 5.02 Å². The Balaban J connectivity index is 1.46. The van der Waals surface area contributed by atoms with Crippen molar-refractivity contribution in [3.05, 3.63) is 59.1 Å². The van der Waals surface area contributed by atoms with Gasteiger partial charge in [-0.25, -0.2) is 17.9 Å². The predicted octanol–water partition coefficient (Wildman–Crippen LogP) is 3.05. The summed E-state index contributed by atoms with van der Waals surface area (Å²) in [4.78, 5) is 12.2. The second kappa shape index (κ2) is 11.1. The number of hydrogen-bond acceptors (Lipinski definition) is 5. The third-order valence-electron chi connectivity index (χ3n) is 5.29. The molecule has 1 saturated heterocycles. The van der Waals surface area contributed by atoms with Gasteiger partial charge >= 0.3 is 6.03 Å². The van der Waals surface area contributed by atoms with E-state index in [1.807, 2.05) is 6.92 Å². The molecular weight excluding hydrogens is 454 g/mol. The number of benzene rings is 2. The Labute approximate surface area is 193 Å². The van der Waals surface area contributed by atoms with Crippen molar-refractivity contribution >= 4 is 33.3 Å². The van der Waals surface area contributed by atoms with Gasteiger partial charge in [0.1, 0.15) is 0 Å². The summed E-state index contributed by atoms with van der Waals surface area (Å²) in [6, 6.07) is 12.5. The SMILES string of the molecule is Cc1ccc(S(=O)(=O)N[C@@H]2CC[C@@H](CCNC(=O)Nc3ccc(Cl)cc3)O[C@@H]2CO)cc1. The molecule has 0 bridgehead atoms. The molecule has 0 unspecified atom stereocenters. The van der Waals surface area contributed by atoms with Crippen LogP contribution in [-0.2, 0) is 14.8 Å². The van der Waals surface area contributed by atoms with Gasteiger partial charge in [0.2, 0.25) is 10.0 Å². The van der Waals surface area contributed by atoms with Gasteiger partial charge < -0.3 is 20.5 Å². The van der Waals surface area contributed by atoms with Gasteiger partial charge in [-0.2, -0.15) is 0 Å². The Morgan fingerprint density at radius 3 is 2.47 bits per heavy atom. The van der Waals surface area contributed by atoms with Gasteiger partial charge in [-0.15, -0.1) is 0 Å². The third kappa shape index (κ3) is 6.91. The number of rotatable bonds is 8. The molecule has 3 atom stereocenters. The molecule has 0 aromatic heterocycles. The van der Waals surface area contributed by atoms with E-state index < -0.39 is 22.2 Å². The van der Waals surface area contributed by atoms with Gasteiger partial charge in [-0.1, -0.05) is 29.3 Å². The van der Waals surface area contributed by atoms with Crippen LogP contribution in [-0.4, -0.2) is 51.0 Å². The number of hydrogen-bond donors (Lipinski definition) is 4. The molecule has 1 aliphatic rings. The van der Waals surface area contributed by atoms with Crippen LogP contribution in [0.5, 0.6) is 0 Å². The van der Waals surface area contributed by atoms with E-state index in [1.54, 1.807) is 48.5 Å². The van der Waals surface area contributed by atoms with Crippen molar-refractivity contribution < 1.29 is 23.1 Å². The summed E-state index contributed by atoms with van der Waals surface area (Å²) in [5.41, 5.74) is 1.60. The molecule has 4 N–H and O–H groups in total. The highest BCUT2D eigenvalue weighted by Crippen LogP contribution is 2.23. The fourth-order valence-corrected chi connectivity index (χ4v) is 4.94. The summed E-state index contributed by atoms with van der Waals surface area (Å²) >= 11 is 5.83. The number of carbonyl (C=O) groups excluding carboxylic acids is 1. The van der Waals surface area contributed by atoms with Crippen LogP contribution in [0.25, 0.3) is 0 Å². The Morgan fingerprint density at radius 1 is 1.12 bits per heavy atom. The predicted molar refractivity (Wildman–Crippen MR) is 123 cm³/mol. The van der Waals surface area contributed by atoms with Crippen LogP contribution in [0.15, 0.2) is 53.4 Å². The minimum atomic E-state index is -3.71. The van der Waals surface area contributed by atoms with Crippen LogP contribution < -0.4 is 15.4 Å². The first-order valence-corrected chi connectivity index (χ1v) is 12.3. The van der Waals surface area contributed by atoms with Crippen molar-refractivity contribution in [1.82, 2.24) is 10.0 Å². The molecule has 0 radical (unpaired) electrons. The van der Waals surface area contributed by atoms with E-state index in [4.69, 9.17) is 16.3 Å². The van der Waals surface area contributed by atoms with Crippen molar-refractivity contribution in [3.8, 4) is 0 Å². The lowest BCUT2D eigenvalue weighted by Gasteiger charge is -2.36. The topological polar surface area (TPSA) is 117 Å². The van der Waals surface area contributed by atoms with Crippen molar-refractivity contribution in [1.29, 1.82) is 0 Å². The van der Waals surface area contributed by atoms with E-state index in [0.29, 0.717) is 36.5 Å². The zero-order chi connectivity index (χ0) is 23.1. The number of ether oxygens (including phenoxy) is 1. The Kier molecular flexibility index (Phi) is 8.50. The summed E-state index contributed by atoms with van der Waals surface area (Å²) in [7, 11) is -3.71. The Morgan fingerprint density at radius 2 is 1.81 bits per heavy atom. The standard InChI is InChI=1S/C22H28ClN3O5S/c1-15-2-9-19(10-3-15)32(29,30)26-20-11-8-18(31-21(20)14-27)12-13-24-22(28)25-17-6-4-16(23)5-7-17/h2-7,9-10,18,20-21,26-27H,8,11-14H2,1H3,(H2,24,25,28)/t18-,20+,21+/m0/s1. The second-order valence-corrected chi connectivity index (χ2v) is 9.92. The fourth-order valence-electron chi connectivity index (χ4n) is 3.52. The molecule has 2 aromatic rings. The summed E-state index contributed by atoms with van der Waals surface area (Å²) < 4.78 is 33.9. The van der Waals surface area contributed by atoms with Crippen LogP contribution in [0, 0.1) is 6.92 Å². The van der Waals surface area contributed by atoms with Gasteiger partial charge in [0.15, 0.2) is 0 Å². The first-order chi connectivity index (χ1) is 15.3. The molecule has 2 amide bonds. The average molecular weight is 482 g/mol. The molecule has 8 nitrogen and oxygen atoms in total. The molecule has 174 valence electrons. The van der Waals surface area contributed by atoms with Gasteiger partial charge in [-0.05, 0) is 62.6 Å². The zero-order valence-corrected chi connectivity index (χ0v) is 19.3. The lowest BCUT2D eigenvalue weighted by atomic mass is 9.98. The van der Waals surface area contributed by atoms with Crippen LogP contribution >= 0.6 is 11.6 Å². The van der Waals surface area contributed by atoms with E-state index in [0.717, 1.165) is 5.56 Å². The molecular formula is C22H28ClN3O5S. The number of nitrogens with one attached hydrogen (secondary N) is 3. The van der Waals surface area contributed by atoms with Crippen LogP contribution in [0.3, 0.4) is 0 Å². The average Bonchev–Trinajstić information content (AvgIpc) is 2.76. The van der Waals surface area contributed by atoms with Crippen molar-refractivity contribution in [2.24, 2.45) is 0 Å². The quantitative estimate of drug-likeness (QED) is 0.462. The minimum Gasteiger partial charge on any atom is -0.394 e. The number of urea groups is 1. The van der Waals surface area contributed by atoms with Crippen molar-refractivity contribution in [2.45, 2.75) is 49.3 Å². The van der Waals surface area contributed by atoms with Crippen molar-refractivity contribution in [2.75, 3.05) is 18.5 Å². The summed E-state index contributed by atoms with van der Waals surface area (Å²) in [6.45, 7) is 1.96. The van der Waals surface area contributed by atoms with Gasteiger partial charge in [-0.3, -0.25) is 0 Å². The molecule has 1 fully saturated rings. The normalized spacial score (nSPS) is 21.2. The number of aryl methyl sites for hydroxylation is 1. The summed E-state index contributed by atoms with van der Waals surface area (Å²) in [5, 5.41) is 15.8. The molecule has 1 heterocycles. The molecule has 10 heteroatoms. The highest BCUT2D eigenvalue weighted by atomic mass is 35.5. The van der Waals surface area contributed by atoms with Gasteiger partial charge in [0, 0.05) is 17.3 Å². The molecule has 0 saturated carbocycles. The van der Waals surface area contributed by atoms with Gasteiger partial charge in [0.25, 0.3) is 0 Å². The Hall–Kier alpha value is -2.17. The van der Waals surface area contributed by atoms with Crippen LogP contribution in [0.1, 0.15) is 24.8 Å². The maximum atomic E-state index is 12.7. The molecule has 0 spiro atoms. The number of anilines is 1. The van der Waals surface area contributed by atoms with Crippen molar-refractivity contribution in [3.63, 3.8) is 0 Å². The highest BCUT2D eigenvalue weighted by Gasteiger charge is 2.33. The monoisotopic (exact) mass is 481 g/mol. The molecule has 3 rings (SSSR count). The van der Waals surface area contributed by atoms with Gasteiger partial charge in [0.05, 0.1) is 29.8 Å². The first kappa shape index (κ1) is 24.5. The molecule has 32 heavy (non-hydrogen) atoms.